The van der Waals surface area contributed by atoms with Crippen LogP contribution in [0, 0.1) is 0 Å². The van der Waals surface area contributed by atoms with Crippen molar-refractivity contribution in [2.24, 2.45) is 5.73 Å². The number of carbonyl (C=O) groups excluding carboxylic acids is 1. The lowest BCUT2D eigenvalue weighted by molar-refractivity contribution is 0.0995. The first-order chi connectivity index (χ1) is 18.0. The highest BCUT2D eigenvalue weighted by molar-refractivity contribution is 6.39. The Morgan fingerprint density at radius 2 is 1.73 bits per heavy atom. The topological polar surface area (TPSA) is 88.5 Å². The van der Waals surface area contributed by atoms with Gasteiger partial charge in [0.2, 0.25) is 0 Å². The van der Waals surface area contributed by atoms with E-state index in [0.717, 1.165) is 54.8 Å². The van der Waals surface area contributed by atoms with Crippen LogP contribution in [0.5, 0.6) is 0 Å². The van der Waals surface area contributed by atoms with Crippen LogP contribution in [-0.4, -0.2) is 51.4 Å². The molecule has 0 radical (unpaired) electrons. The number of aromatic nitrogens is 3. The monoisotopic (exact) mass is 530 g/mol. The Labute approximate surface area is 223 Å². The van der Waals surface area contributed by atoms with Gasteiger partial charge in [-0.15, -0.1) is 0 Å². The van der Waals surface area contributed by atoms with E-state index in [0.29, 0.717) is 26.9 Å². The SMILES string of the molecule is NC(=O)c1c(-c2c(Cl)cccc2Cl)nc2c3cc(-c4ccc(CN5CCNCC5)cc4)cnc3ccn12. The minimum atomic E-state index is -0.623. The molecule has 9 heteroatoms. The molecule has 1 fully saturated rings. The van der Waals surface area contributed by atoms with Crippen molar-refractivity contribution in [3.8, 4) is 22.4 Å². The van der Waals surface area contributed by atoms with Gasteiger partial charge in [0, 0.05) is 61.6 Å². The van der Waals surface area contributed by atoms with Crippen LogP contribution in [0.1, 0.15) is 16.1 Å². The fraction of sp³-hybridized carbons (Fsp3) is 0.179. The molecule has 3 N–H and O–H groups in total. The summed E-state index contributed by atoms with van der Waals surface area (Å²) in [5.41, 5.74) is 11.4. The summed E-state index contributed by atoms with van der Waals surface area (Å²) in [5.74, 6) is -0.623. The average molecular weight is 531 g/mol. The van der Waals surface area contributed by atoms with Crippen LogP contribution in [0.4, 0.5) is 0 Å². The van der Waals surface area contributed by atoms with Gasteiger partial charge in [-0.3, -0.25) is 19.1 Å². The van der Waals surface area contributed by atoms with Gasteiger partial charge in [0.1, 0.15) is 17.0 Å². The Morgan fingerprint density at radius 1 is 1.00 bits per heavy atom. The van der Waals surface area contributed by atoms with Crippen molar-refractivity contribution in [1.82, 2.24) is 24.6 Å². The van der Waals surface area contributed by atoms with Gasteiger partial charge in [-0.1, -0.05) is 53.5 Å². The van der Waals surface area contributed by atoms with Gasteiger partial charge in [0.05, 0.1) is 15.6 Å². The molecule has 37 heavy (non-hydrogen) atoms. The Morgan fingerprint density at radius 3 is 2.43 bits per heavy atom. The van der Waals surface area contributed by atoms with E-state index in [-0.39, 0.29) is 5.69 Å². The maximum atomic E-state index is 12.5. The molecule has 6 rings (SSSR count). The largest absolute Gasteiger partial charge is 0.364 e. The number of nitrogens with two attached hydrogens (primary N) is 1. The van der Waals surface area contributed by atoms with E-state index in [4.69, 9.17) is 33.9 Å². The molecular weight excluding hydrogens is 507 g/mol. The summed E-state index contributed by atoms with van der Waals surface area (Å²) in [6.07, 6.45) is 3.60. The molecule has 2 aromatic carbocycles. The quantitative estimate of drug-likeness (QED) is 0.332. The van der Waals surface area contributed by atoms with Crippen LogP contribution in [0.15, 0.2) is 67.0 Å². The van der Waals surface area contributed by atoms with E-state index >= 15 is 0 Å². The zero-order valence-electron chi connectivity index (χ0n) is 19.9. The molecule has 0 saturated carbocycles. The summed E-state index contributed by atoms with van der Waals surface area (Å²) < 4.78 is 1.68. The highest BCUT2D eigenvalue weighted by Gasteiger charge is 2.23. The van der Waals surface area contributed by atoms with Gasteiger partial charge in [0.25, 0.3) is 5.91 Å². The predicted octanol–water partition coefficient (Wildman–Crippen LogP) is 5.03. The molecule has 0 atom stereocenters. The van der Waals surface area contributed by atoms with Gasteiger partial charge in [-0.2, -0.15) is 0 Å². The normalized spacial score (nSPS) is 14.4. The number of nitrogens with zero attached hydrogens (tertiary/aromatic N) is 4. The van der Waals surface area contributed by atoms with Gasteiger partial charge >= 0.3 is 0 Å². The number of fused-ring (bicyclic) bond motifs is 3. The van der Waals surface area contributed by atoms with Crippen molar-refractivity contribution in [2.45, 2.75) is 6.54 Å². The number of nitrogens with one attached hydrogen (secondary N) is 1. The molecule has 0 spiro atoms. The summed E-state index contributed by atoms with van der Waals surface area (Å²) in [6, 6.07) is 17.6. The van der Waals surface area contributed by atoms with Crippen molar-refractivity contribution in [3.05, 3.63) is 88.3 Å². The van der Waals surface area contributed by atoms with Crippen molar-refractivity contribution in [1.29, 1.82) is 0 Å². The molecule has 3 aromatic heterocycles. The van der Waals surface area contributed by atoms with Gasteiger partial charge in [-0.25, -0.2) is 4.98 Å². The highest BCUT2D eigenvalue weighted by atomic mass is 35.5. The fourth-order valence-electron chi connectivity index (χ4n) is 4.92. The lowest BCUT2D eigenvalue weighted by atomic mass is 10.0. The third-order valence-electron chi connectivity index (χ3n) is 6.79. The standard InChI is InChI=1S/C28H24Cl2N6O/c29-21-2-1-3-22(30)24(21)25-26(27(31)37)36-11-8-23-20(28(36)34-25)14-19(15-33-23)18-6-4-17(5-7-18)16-35-12-9-32-10-13-35/h1-8,11,14-15,32H,9-10,12-13,16H2,(H2,31,37). The second kappa shape index (κ2) is 9.76. The maximum absolute atomic E-state index is 12.5. The summed E-state index contributed by atoms with van der Waals surface area (Å²) in [5, 5.41) is 4.97. The highest BCUT2D eigenvalue weighted by Crippen LogP contribution is 2.37. The second-order valence-corrected chi connectivity index (χ2v) is 9.97. The number of piperazine rings is 1. The van der Waals surface area contributed by atoms with E-state index in [2.05, 4.69) is 39.5 Å². The Bertz CT molecular complexity index is 1620. The van der Waals surface area contributed by atoms with Gasteiger partial charge in [0.15, 0.2) is 0 Å². The van der Waals surface area contributed by atoms with Crippen LogP contribution in [0.3, 0.4) is 0 Å². The third-order valence-corrected chi connectivity index (χ3v) is 7.42. The minimum absolute atomic E-state index is 0.217. The van der Waals surface area contributed by atoms with Crippen molar-refractivity contribution in [3.63, 3.8) is 0 Å². The van der Waals surface area contributed by atoms with E-state index in [1.165, 1.54) is 5.56 Å². The lowest BCUT2D eigenvalue weighted by Gasteiger charge is -2.27. The smallest absolute Gasteiger partial charge is 0.268 e. The van der Waals surface area contributed by atoms with E-state index in [1.54, 1.807) is 28.8 Å². The average Bonchev–Trinajstić information content (AvgIpc) is 3.29. The molecule has 7 nitrogen and oxygen atoms in total. The lowest BCUT2D eigenvalue weighted by Crippen LogP contribution is -2.42. The number of primary amides is 1. The van der Waals surface area contributed by atoms with Gasteiger partial charge in [-0.05, 0) is 35.4 Å². The molecule has 1 saturated heterocycles. The van der Waals surface area contributed by atoms with Crippen LogP contribution in [-0.2, 0) is 6.54 Å². The molecule has 186 valence electrons. The number of rotatable bonds is 5. The van der Waals surface area contributed by atoms with Crippen LogP contribution >= 0.6 is 23.2 Å². The van der Waals surface area contributed by atoms with E-state index < -0.39 is 5.91 Å². The molecule has 1 amide bonds. The molecule has 0 bridgehead atoms. The first kappa shape index (κ1) is 23.9. The fourth-order valence-corrected chi connectivity index (χ4v) is 5.50. The molecule has 1 aliphatic heterocycles. The zero-order chi connectivity index (χ0) is 25.5. The number of imidazole rings is 1. The molecule has 1 aliphatic rings. The number of hydrogen-bond acceptors (Lipinski definition) is 5. The number of amides is 1. The zero-order valence-corrected chi connectivity index (χ0v) is 21.4. The first-order valence-corrected chi connectivity index (χ1v) is 12.8. The first-order valence-electron chi connectivity index (χ1n) is 12.1. The summed E-state index contributed by atoms with van der Waals surface area (Å²) in [4.78, 5) is 24.5. The number of benzene rings is 2. The molecule has 0 unspecified atom stereocenters. The van der Waals surface area contributed by atoms with Crippen LogP contribution in [0.2, 0.25) is 10.0 Å². The molecular formula is C28H24Cl2N6O. The number of hydrogen-bond donors (Lipinski definition) is 2. The summed E-state index contributed by atoms with van der Waals surface area (Å²) >= 11 is 12.9. The molecule has 5 aromatic rings. The van der Waals surface area contributed by atoms with Crippen molar-refractivity contribution in [2.75, 3.05) is 26.2 Å². The van der Waals surface area contributed by atoms with Crippen LogP contribution < -0.4 is 11.1 Å². The molecule has 4 heterocycles. The van der Waals surface area contributed by atoms with E-state index in [9.17, 15) is 4.79 Å². The minimum Gasteiger partial charge on any atom is -0.364 e. The maximum Gasteiger partial charge on any atom is 0.268 e. The van der Waals surface area contributed by atoms with Crippen molar-refractivity contribution >= 4 is 45.7 Å². The predicted molar refractivity (Wildman–Crippen MR) is 148 cm³/mol. The number of pyridine rings is 2. The molecule has 0 aliphatic carbocycles. The Hall–Kier alpha value is -3.49. The summed E-state index contributed by atoms with van der Waals surface area (Å²) in [7, 11) is 0. The number of carbonyl (C=O) groups is 1. The summed E-state index contributed by atoms with van der Waals surface area (Å²) in [6.45, 7) is 5.13. The van der Waals surface area contributed by atoms with E-state index in [1.807, 2.05) is 18.3 Å². The van der Waals surface area contributed by atoms with Crippen molar-refractivity contribution < 1.29 is 4.79 Å². The second-order valence-electron chi connectivity index (χ2n) is 9.16. The van der Waals surface area contributed by atoms with Crippen LogP contribution in [0.25, 0.3) is 38.9 Å². The number of halogens is 2. The Balaban J connectivity index is 1.44. The Kier molecular flexibility index (Phi) is 6.30. The third kappa shape index (κ3) is 4.45. The van der Waals surface area contributed by atoms with Gasteiger partial charge < -0.3 is 11.1 Å².